The summed E-state index contributed by atoms with van der Waals surface area (Å²) in [4.78, 5) is 14.2. The lowest BCUT2D eigenvalue weighted by Gasteiger charge is -2.25. The Balaban J connectivity index is 1.89. The van der Waals surface area contributed by atoms with Crippen LogP contribution in [0, 0.1) is 11.6 Å². The molecule has 2 rings (SSSR count). The Bertz CT molecular complexity index is 686. The molecule has 0 aromatic heterocycles. The number of hydrogen-bond acceptors (Lipinski definition) is 2. The molecule has 2 atom stereocenters. The molecule has 1 amide bonds. The lowest BCUT2D eigenvalue weighted by atomic mass is 10.1. The maximum atomic E-state index is 13.7. The van der Waals surface area contributed by atoms with Crippen LogP contribution in [0.4, 0.5) is 8.78 Å². The van der Waals surface area contributed by atoms with Gasteiger partial charge in [-0.1, -0.05) is 36.4 Å². The van der Waals surface area contributed by atoms with E-state index < -0.39 is 11.6 Å². The Morgan fingerprint density at radius 1 is 1.04 bits per heavy atom. The first-order chi connectivity index (χ1) is 11.9. The third kappa shape index (κ3) is 5.36. The van der Waals surface area contributed by atoms with Gasteiger partial charge in [0.1, 0.15) is 11.6 Å². The maximum Gasteiger partial charge on any atom is 0.234 e. The minimum Gasteiger partial charge on any atom is -0.352 e. The van der Waals surface area contributed by atoms with Crippen molar-refractivity contribution in [2.75, 3.05) is 13.6 Å². The number of nitrogens with zero attached hydrogens (tertiary/aromatic N) is 1. The van der Waals surface area contributed by atoms with Crippen LogP contribution in [-0.2, 0) is 11.2 Å². The fraction of sp³-hybridized carbons (Fsp3) is 0.350. The first kappa shape index (κ1) is 19.1. The minimum absolute atomic E-state index is 0.00121. The molecule has 2 aromatic carbocycles. The number of carbonyl (C=O) groups is 1. The Morgan fingerprint density at radius 3 is 2.24 bits per heavy atom. The van der Waals surface area contributed by atoms with Crippen LogP contribution < -0.4 is 5.32 Å². The van der Waals surface area contributed by atoms with E-state index in [1.54, 1.807) is 6.92 Å². The molecular weight excluding hydrogens is 322 g/mol. The van der Waals surface area contributed by atoms with Crippen molar-refractivity contribution in [3.63, 3.8) is 0 Å². The van der Waals surface area contributed by atoms with E-state index in [1.807, 2.05) is 49.2 Å². The topological polar surface area (TPSA) is 32.3 Å². The van der Waals surface area contributed by atoms with Crippen molar-refractivity contribution < 1.29 is 13.6 Å². The standard InChI is InChI=1S/C20H24F2N2O/c1-14(12-17-18(21)10-7-11-19(17)22)23-20(25)13-24(3)15(2)16-8-5-4-6-9-16/h4-11,14-15H,12-13H2,1-3H3,(H,23,25). The predicted octanol–water partition coefficient (Wildman–Crippen LogP) is 3.71. The number of halogens is 2. The molecule has 25 heavy (non-hydrogen) atoms. The monoisotopic (exact) mass is 346 g/mol. The number of rotatable bonds is 7. The zero-order valence-corrected chi connectivity index (χ0v) is 14.8. The van der Waals surface area contributed by atoms with Gasteiger partial charge in [0.05, 0.1) is 6.54 Å². The fourth-order valence-electron chi connectivity index (χ4n) is 2.75. The SMILES string of the molecule is CC(Cc1c(F)cccc1F)NC(=O)CN(C)C(C)c1ccccc1. The highest BCUT2D eigenvalue weighted by atomic mass is 19.1. The third-order valence-electron chi connectivity index (χ3n) is 4.32. The van der Waals surface area contributed by atoms with Gasteiger partial charge in [0.15, 0.2) is 0 Å². The summed E-state index contributed by atoms with van der Waals surface area (Å²) in [6.07, 6.45) is 0.113. The van der Waals surface area contributed by atoms with Gasteiger partial charge < -0.3 is 5.32 Å². The van der Waals surface area contributed by atoms with Crippen molar-refractivity contribution in [3.8, 4) is 0 Å². The van der Waals surface area contributed by atoms with Gasteiger partial charge >= 0.3 is 0 Å². The second-order valence-electron chi connectivity index (χ2n) is 6.37. The average Bonchev–Trinajstić information content (AvgIpc) is 2.58. The van der Waals surface area contributed by atoms with Gasteiger partial charge in [-0.3, -0.25) is 9.69 Å². The lowest BCUT2D eigenvalue weighted by molar-refractivity contribution is -0.123. The quantitative estimate of drug-likeness (QED) is 0.829. The second-order valence-corrected chi connectivity index (χ2v) is 6.37. The van der Waals surface area contributed by atoms with Crippen molar-refractivity contribution in [2.24, 2.45) is 0 Å². The van der Waals surface area contributed by atoms with Gasteiger partial charge in [0, 0.05) is 17.6 Å². The van der Waals surface area contributed by atoms with Crippen LogP contribution in [0.15, 0.2) is 48.5 Å². The van der Waals surface area contributed by atoms with Crippen molar-refractivity contribution in [3.05, 3.63) is 71.3 Å². The zero-order chi connectivity index (χ0) is 18.4. The van der Waals surface area contributed by atoms with Crippen LogP contribution in [0.1, 0.15) is 31.0 Å². The molecule has 0 aliphatic carbocycles. The molecule has 0 heterocycles. The van der Waals surface area contributed by atoms with Gasteiger partial charge in [-0.05, 0) is 45.0 Å². The highest BCUT2D eigenvalue weighted by Crippen LogP contribution is 2.18. The van der Waals surface area contributed by atoms with Crippen molar-refractivity contribution >= 4 is 5.91 Å². The van der Waals surface area contributed by atoms with E-state index in [1.165, 1.54) is 18.2 Å². The smallest absolute Gasteiger partial charge is 0.234 e. The number of nitrogens with one attached hydrogen (secondary N) is 1. The number of benzene rings is 2. The van der Waals surface area contributed by atoms with Gasteiger partial charge in [-0.15, -0.1) is 0 Å². The molecule has 3 nitrogen and oxygen atoms in total. The summed E-state index contributed by atoms with van der Waals surface area (Å²) >= 11 is 0. The van der Waals surface area contributed by atoms with Gasteiger partial charge in [-0.2, -0.15) is 0 Å². The summed E-state index contributed by atoms with van der Waals surface area (Å²) in [5.41, 5.74) is 1.13. The van der Waals surface area contributed by atoms with E-state index in [2.05, 4.69) is 5.32 Å². The van der Waals surface area contributed by atoms with Gasteiger partial charge in [0.25, 0.3) is 0 Å². The summed E-state index contributed by atoms with van der Waals surface area (Å²) in [6.45, 7) is 3.98. The summed E-state index contributed by atoms with van der Waals surface area (Å²) in [5, 5.41) is 2.81. The second kappa shape index (κ2) is 8.72. The van der Waals surface area contributed by atoms with Gasteiger partial charge in [0.2, 0.25) is 5.91 Å². The molecule has 0 radical (unpaired) electrons. The molecule has 0 aliphatic rings. The molecule has 2 unspecified atom stereocenters. The number of amides is 1. The van der Waals surface area contributed by atoms with Crippen molar-refractivity contribution in [2.45, 2.75) is 32.4 Å². The van der Waals surface area contributed by atoms with E-state index in [0.29, 0.717) is 0 Å². The number of carbonyl (C=O) groups excluding carboxylic acids is 1. The number of likely N-dealkylation sites (N-methyl/N-ethyl adjacent to an activating group) is 1. The molecule has 0 aliphatic heterocycles. The van der Waals surface area contributed by atoms with Gasteiger partial charge in [-0.25, -0.2) is 8.78 Å². The summed E-state index contributed by atoms with van der Waals surface area (Å²) in [6, 6.07) is 13.4. The van der Waals surface area contributed by atoms with E-state index in [-0.39, 0.29) is 36.5 Å². The van der Waals surface area contributed by atoms with Crippen molar-refractivity contribution in [1.82, 2.24) is 10.2 Å². The predicted molar refractivity (Wildman–Crippen MR) is 95.2 cm³/mol. The Hall–Kier alpha value is -2.27. The lowest BCUT2D eigenvalue weighted by Crippen LogP contribution is -2.41. The molecule has 0 saturated carbocycles. The molecule has 0 fully saturated rings. The molecule has 134 valence electrons. The summed E-state index contributed by atoms with van der Waals surface area (Å²) in [5.74, 6) is -1.35. The Labute approximate surface area is 147 Å². The van der Waals surface area contributed by atoms with Crippen LogP contribution in [0.5, 0.6) is 0 Å². The van der Waals surface area contributed by atoms with Crippen LogP contribution >= 0.6 is 0 Å². The molecule has 1 N–H and O–H groups in total. The molecule has 2 aromatic rings. The largest absolute Gasteiger partial charge is 0.352 e. The van der Waals surface area contributed by atoms with E-state index in [4.69, 9.17) is 0 Å². The van der Waals surface area contributed by atoms with E-state index in [9.17, 15) is 13.6 Å². The summed E-state index contributed by atoms with van der Waals surface area (Å²) in [7, 11) is 1.87. The van der Waals surface area contributed by atoms with Crippen LogP contribution in [-0.4, -0.2) is 30.4 Å². The van der Waals surface area contributed by atoms with E-state index >= 15 is 0 Å². The number of hydrogen-bond donors (Lipinski definition) is 1. The first-order valence-electron chi connectivity index (χ1n) is 8.36. The third-order valence-corrected chi connectivity index (χ3v) is 4.32. The van der Waals surface area contributed by atoms with Crippen LogP contribution in [0.3, 0.4) is 0 Å². The average molecular weight is 346 g/mol. The molecular formula is C20H24F2N2O. The Morgan fingerprint density at radius 2 is 1.64 bits per heavy atom. The fourth-order valence-corrected chi connectivity index (χ4v) is 2.75. The molecule has 5 heteroatoms. The molecule has 0 bridgehead atoms. The van der Waals surface area contributed by atoms with Crippen LogP contribution in [0.25, 0.3) is 0 Å². The summed E-state index contributed by atoms with van der Waals surface area (Å²) < 4.78 is 27.4. The highest BCUT2D eigenvalue weighted by molar-refractivity contribution is 5.78. The maximum absolute atomic E-state index is 13.7. The minimum atomic E-state index is -0.587. The van der Waals surface area contributed by atoms with E-state index in [0.717, 1.165) is 5.56 Å². The molecule has 0 spiro atoms. The van der Waals surface area contributed by atoms with Crippen LogP contribution in [0.2, 0.25) is 0 Å². The Kier molecular flexibility index (Phi) is 6.65. The van der Waals surface area contributed by atoms with Crippen molar-refractivity contribution in [1.29, 1.82) is 0 Å². The normalized spacial score (nSPS) is 13.5. The zero-order valence-electron chi connectivity index (χ0n) is 14.8. The first-order valence-corrected chi connectivity index (χ1v) is 8.36. The highest BCUT2D eigenvalue weighted by Gasteiger charge is 2.18. The molecule has 0 saturated heterocycles.